The number of fused-ring (bicyclic) bond motifs is 2. The summed E-state index contributed by atoms with van der Waals surface area (Å²) in [6.07, 6.45) is 3.56. The van der Waals surface area contributed by atoms with E-state index in [1.54, 1.807) is 17.7 Å². The van der Waals surface area contributed by atoms with Gasteiger partial charge in [0.25, 0.3) is 0 Å². The Bertz CT molecular complexity index is 1410. The van der Waals surface area contributed by atoms with Crippen LogP contribution in [0.15, 0.2) is 67.1 Å². The van der Waals surface area contributed by atoms with E-state index >= 15 is 0 Å². The first-order valence-corrected chi connectivity index (χ1v) is 12.3. The Kier molecular flexibility index (Phi) is 5.85. The molecule has 1 saturated heterocycles. The largest absolute Gasteiger partial charge is 0.492 e. The van der Waals surface area contributed by atoms with Crippen molar-refractivity contribution in [3.05, 3.63) is 67.1 Å². The summed E-state index contributed by atoms with van der Waals surface area (Å²) in [5.74, 6) is 1.71. The highest BCUT2D eigenvalue weighted by atomic mass is 32.1. The molecule has 0 atom stereocenters. The van der Waals surface area contributed by atoms with Gasteiger partial charge in [-0.2, -0.15) is 0 Å². The highest BCUT2D eigenvalue weighted by Gasteiger charge is 2.12. The third-order valence-electron chi connectivity index (χ3n) is 6.05. The minimum Gasteiger partial charge on any atom is -0.492 e. The van der Waals surface area contributed by atoms with Crippen molar-refractivity contribution in [2.75, 3.05) is 44.8 Å². The molecule has 172 valence electrons. The maximum absolute atomic E-state index is 5.96. The van der Waals surface area contributed by atoms with Crippen LogP contribution in [0.1, 0.15) is 0 Å². The molecular formula is C26H25N5O2S. The van der Waals surface area contributed by atoms with Crippen LogP contribution >= 0.6 is 11.3 Å². The Hall–Kier alpha value is -3.46. The van der Waals surface area contributed by atoms with Crippen molar-refractivity contribution < 1.29 is 9.47 Å². The Morgan fingerprint density at radius 2 is 1.91 bits per heavy atom. The number of aromatic nitrogens is 3. The summed E-state index contributed by atoms with van der Waals surface area (Å²) >= 11 is 1.69. The van der Waals surface area contributed by atoms with E-state index in [0.29, 0.717) is 6.61 Å². The molecule has 1 fully saturated rings. The van der Waals surface area contributed by atoms with Gasteiger partial charge in [0, 0.05) is 47.3 Å². The zero-order valence-electron chi connectivity index (χ0n) is 18.7. The van der Waals surface area contributed by atoms with Gasteiger partial charge >= 0.3 is 0 Å². The molecular weight excluding hydrogens is 446 g/mol. The fourth-order valence-corrected chi connectivity index (χ4v) is 5.25. The summed E-state index contributed by atoms with van der Waals surface area (Å²) in [6, 6.07) is 18.7. The van der Waals surface area contributed by atoms with E-state index in [2.05, 4.69) is 67.6 Å². The number of aromatic amines is 1. The lowest BCUT2D eigenvalue weighted by atomic mass is 10.2. The molecule has 0 unspecified atom stereocenters. The van der Waals surface area contributed by atoms with Crippen LogP contribution in [0.4, 0.5) is 11.5 Å². The van der Waals surface area contributed by atoms with Gasteiger partial charge in [0.05, 0.1) is 23.4 Å². The smallest absolute Gasteiger partial charge is 0.151 e. The minimum atomic E-state index is 0.682. The fourth-order valence-electron chi connectivity index (χ4n) is 4.19. The number of anilines is 2. The monoisotopic (exact) mass is 471 g/mol. The average Bonchev–Trinajstić information content (AvgIpc) is 3.53. The lowest BCUT2D eigenvalue weighted by Crippen LogP contribution is -2.38. The van der Waals surface area contributed by atoms with Crippen molar-refractivity contribution in [2.45, 2.75) is 0 Å². The zero-order chi connectivity index (χ0) is 22.7. The number of ether oxygens (including phenoxy) is 2. The second kappa shape index (κ2) is 9.42. The van der Waals surface area contributed by atoms with Crippen LogP contribution in [-0.4, -0.2) is 59.3 Å². The van der Waals surface area contributed by atoms with Gasteiger partial charge in [-0.3, -0.25) is 4.90 Å². The number of hydrogen-bond donors (Lipinski definition) is 2. The summed E-state index contributed by atoms with van der Waals surface area (Å²) in [4.78, 5) is 15.8. The molecule has 34 heavy (non-hydrogen) atoms. The molecule has 6 rings (SSSR count). The van der Waals surface area contributed by atoms with Crippen LogP contribution in [0.2, 0.25) is 0 Å². The Morgan fingerprint density at radius 1 is 1.03 bits per heavy atom. The summed E-state index contributed by atoms with van der Waals surface area (Å²) < 4.78 is 12.4. The second-order valence-corrected chi connectivity index (χ2v) is 9.33. The Balaban J connectivity index is 1.16. The van der Waals surface area contributed by atoms with Crippen LogP contribution in [0.5, 0.6) is 5.75 Å². The van der Waals surface area contributed by atoms with Crippen molar-refractivity contribution in [3.63, 3.8) is 0 Å². The summed E-state index contributed by atoms with van der Waals surface area (Å²) in [5.41, 5.74) is 4.19. The molecule has 2 N–H and O–H groups in total. The Labute approximate surface area is 201 Å². The van der Waals surface area contributed by atoms with E-state index in [0.717, 1.165) is 81.7 Å². The topological polar surface area (TPSA) is 75.3 Å². The first-order valence-electron chi connectivity index (χ1n) is 11.4. The maximum Gasteiger partial charge on any atom is 0.151 e. The van der Waals surface area contributed by atoms with Crippen LogP contribution in [0, 0.1) is 0 Å². The van der Waals surface area contributed by atoms with Crippen LogP contribution in [-0.2, 0) is 4.74 Å². The van der Waals surface area contributed by atoms with Gasteiger partial charge in [-0.25, -0.2) is 9.97 Å². The number of nitrogens with zero attached hydrogens (tertiary/aromatic N) is 3. The van der Waals surface area contributed by atoms with Gasteiger partial charge in [-0.05, 0) is 60.2 Å². The van der Waals surface area contributed by atoms with Gasteiger partial charge in [-0.1, -0.05) is 0 Å². The van der Waals surface area contributed by atoms with Crippen molar-refractivity contribution in [3.8, 4) is 16.2 Å². The predicted molar refractivity (Wildman–Crippen MR) is 137 cm³/mol. The number of nitrogens with one attached hydrogen (secondary N) is 2. The number of hydrogen-bond acceptors (Lipinski definition) is 7. The quantitative estimate of drug-likeness (QED) is 0.336. The number of morpholine rings is 1. The average molecular weight is 472 g/mol. The Morgan fingerprint density at radius 3 is 2.79 bits per heavy atom. The van der Waals surface area contributed by atoms with Crippen LogP contribution in [0.3, 0.4) is 0 Å². The van der Waals surface area contributed by atoms with Crippen molar-refractivity contribution in [2.24, 2.45) is 0 Å². The van der Waals surface area contributed by atoms with E-state index in [-0.39, 0.29) is 0 Å². The molecule has 4 heterocycles. The molecule has 8 heteroatoms. The number of rotatable bonds is 7. The standard InChI is InChI=1S/C26H25N5O2S/c1-4-21(33-14-11-31-9-12-32-13-10-31)5-2-18(1)24-16-23-25(34-24)26(29-17-28-23)30-20-3-6-22-19(15-20)7-8-27-22/h1-8,15-17,27H,9-14H2,(H,28,29,30). The normalized spacial score (nSPS) is 14.6. The molecule has 5 aromatic rings. The van der Waals surface area contributed by atoms with E-state index in [1.165, 1.54) is 0 Å². The van der Waals surface area contributed by atoms with E-state index in [4.69, 9.17) is 9.47 Å². The third-order valence-corrected chi connectivity index (χ3v) is 7.23. The number of benzene rings is 2. The molecule has 0 spiro atoms. The van der Waals surface area contributed by atoms with Crippen molar-refractivity contribution >= 4 is 44.0 Å². The molecule has 1 aliphatic heterocycles. The van der Waals surface area contributed by atoms with Gasteiger partial charge < -0.3 is 19.8 Å². The molecule has 0 saturated carbocycles. The van der Waals surface area contributed by atoms with Gasteiger partial charge in [-0.15, -0.1) is 11.3 Å². The van der Waals surface area contributed by atoms with Gasteiger partial charge in [0.15, 0.2) is 5.82 Å². The highest BCUT2D eigenvalue weighted by molar-refractivity contribution is 7.22. The van der Waals surface area contributed by atoms with Crippen molar-refractivity contribution in [1.29, 1.82) is 0 Å². The van der Waals surface area contributed by atoms with Crippen LogP contribution < -0.4 is 10.1 Å². The SMILES string of the molecule is c1nc(Nc2ccc3[nH]ccc3c2)c2sc(-c3ccc(OCCN4CCOCC4)cc3)cc2n1. The second-order valence-electron chi connectivity index (χ2n) is 8.28. The molecule has 0 radical (unpaired) electrons. The number of H-pyrrole nitrogens is 1. The number of thiophene rings is 1. The molecule has 7 nitrogen and oxygen atoms in total. The predicted octanol–water partition coefficient (Wildman–Crippen LogP) is 5.29. The first kappa shape index (κ1) is 21.1. The van der Waals surface area contributed by atoms with Crippen LogP contribution in [0.25, 0.3) is 31.6 Å². The van der Waals surface area contributed by atoms with E-state index in [1.807, 2.05) is 18.3 Å². The third kappa shape index (κ3) is 4.48. The van der Waals surface area contributed by atoms with E-state index in [9.17, 15) is 0 Å². The molecule has 0 bridgehead atoms. The molecule has 2 aromatic carbocycles. The zero-order valence-corrected chi connectivity index (χ0v) is 19.5. The lowest BCUT2D eigenvalue weighted by Gasteiger charge is -2.26. The maximum atomic E-state index is 5.96. The molecule has 0 aliphatic carbocycles. The summed E-state index contributed by atoms with van der Waals surface area (Å²) in [6.45, 7) is 5.19. The van der Waals surface area contributed by atoms with Gasteiger partial charge in [0.1, 0.15) is 18.7 Å². The summed E-state index contributed by atoms with van der Waals surface area (Å²) in [7, 11) is 0. The first-order chi connectivity index (χ1) is 16.8. The summed E-state index contributed by atoms with van der Waals surface area (Å²) in [5, 5.41) is 4.63. The van der Waals surface area contributed by atoms with Crippen molar-refractivity contribution in [1.82, 2.24) is 19.9 Å². The molecule has 1 aliphatic rings. The minimum absolute atomic E-state index is 0.682. The molecule has 0 amide bonds. The molecule has 3 aromatic heterocycles. The van der Waals surface area contributed by atoms with Gasteiger partial charge in [0.2, 0.25) is 0 Å². The highest BCUT2D eigenvalue weighted by Crippen LogP contribution is 2.37. The lowest BCUT2D eigenvalue weighted by molar-refractivity contribution is 0.0322. The fraction of sp³-hybridized carbons (Fsp3) is 0.231. The van der Waals surface area contributed by atoms with E-state index < -0.39 is 0 Å².